The van der Waals surface area contributed by atoms with Crippen LogP contribution in [0.15, 0.2) is 24.3 Å². The lowest BCUT2D eigenvalue weighted by molar-refractivity contribution is 0.701. The molecule has 0 amide bonds. The van der Waals surface area contributed by atoms with E-state index in [1.807, 2.05) is 0 Å². The van der Waals surface area contributed by atoms with Crippen molar-refractivity contribution in [3.05, 3.63) is 35.4 Å². The molecule has 0 saturated carbocycles. The molecule has 0 fully saturated rings. The van der Waals surface area contributed by atoms with Crippen LogP contribution in [-0.2, 0) is 6.42 Å². The van der Waals surface area contributed by atoms with E-state index in [1.165, 1.54) is 11.1 Å². The first-order valence-electron chi connectivity index (χ1n) is 5.23. The Morgan fingerprint density at radius 3 is 2.36 bits per heavy atom. The van der Waals surface area contributed by atoms with E-state index in [9.17, 15) is 0 Å². The average Bonchev–Trinajstić information content (AvgIpc) is 2.19. The monoisotopic (exact) mass is 192 g/mol. The van der Waals surface area contributed by atoms with Crippen LogP contribution < -0.4 is 11.1 Å². The van der Waals surface area contributed by atoms with E-state index in [1.54, 1.807) is 0 Å². The van der Waals surface area contributed by atoms with Crippen LogP contribution in [0.1, 0.15) is 30.9 Å². The third-order valence-electron chi connectivity index (χ3n) is 2.38. The van der Waals surface area contributed by atoms with Crippen molar-refractivity contribution in [2.24, 2.45) is 5.73 Å². The highest BCUT2D eigenvalue weighted by molar-refractivity contribution is 5.24. The molecule has 0 aliphatic rings. The lowest BCUT2D eigenvalue weighted by Crippen LogP contribution is -2.24. The maximum atomic E-state index is 5.35. The minimum atomic E-state index is 0.560. The molecule has 78 valence electrons. The smallest absolute Gasteiger partial charge is 0.0428 e. The van der Waals surface area contributed by atoms with E-state index >= 15 is 0 Å². The van der Waals surface area contributed by atoms with Gasteiger partial charge in [-0.1, -0.05) is 38.1 Å². The van der Waals surface area contributed by atoms with Gasteiger partial charge in [-0.2, -0.15) is 0 Å². The summed E-state index contributed by atoms with van der Waals surface area (Å²) in [7, 11) is 0. The fourth-order valence-corrected chi connectivity index (χ4v) is 1.40. The third-order valence-corrected chi connectivity index (χ3v) is 2.38. The SMILES string of the molecule is CC(C)c1ccc(CCNCN)cc1. The van der Waals surface area contributed by atoms with E-state index in [0.29, 0.717) is 12.6 Å². The van der Waals surface area contributed by atoms with Gasteiger partial charge in [-0.05, 0) is 23.5 Å². The molecule has 2 nitrogen and oxygen atoms in total. The average molecular weight is 192 g/mol. The zero-order valence-corrected chi connectivity index (χ0v) is 9.09. The highest BCUT2D eigenvalue weighted by Crippen LogP contribution is 2.14. The van der Waals surface area contributed by atoms with Crippen LogP contribution in [0.5, 0.6) is 0 Å². The molecule has 0 heterocycles. The first-order chi connectivity index (χ1) is 6.74. The second-order valence-electron chi connectivity index (χ2n) is 3.85. The number of nitrogens with one attached hydrogen (secondary N) is 1. The molecule has 1 aromatic rings. The Morgan fingerprint density at radius 2 is 1.86 bits per heavy atom. The Kier molecular flexibility index (Phi) is 4.63. The molecule has 0 aliphatic carbocycles. The van der Waals surface area contributed by atoms with Gasteiger partial charge in [0.05, 0.1) is 0 Å². The Balaban J connectivity index is 2.47. The Morgan fingerprint density at radius 1 is 1.21 bits per heavy atom. The van der Waals surface area contributed by atoms with Crippen molar-refractivity contribution in [1.29, 1.82) is 0 Å². The van der Waals surface area contributed by atoms with Crippen molar-refractivity contribution >= 4 is 0 Å². The van der Waals surface area contributed by atoms with E-state index in [0.717, 1.165) is 13.0 Å². The minimum Gasteiger partial charge on any atom is -0.318 e. The van der Waals surface area contributed by atoms with Gasteiger partial charge in [-0.15, -0.1) is 0 Å². The zero-order chi connectivity index (χ0) is 10.4. The Hall–Kier alpha value is -0.860. The van der Waals surface area contributed by atoms with Crippen molar-refractivity contribution < 1.29 is 0 Å². The number of hydrogen-bond acceptors (Lipinski definition) is 2. The van der Waals surface area contributed by atoms with Crippen molar-refractivity contribution in [3.63, 3.8) is 0 Å². The molecule has 0 spiro atoms. The molecule has 14 heavy (non-hydrogen) atoms. The van der Waals surface area contributed by atoms with Crippen LogP contribution in [0.2, 0.25) is 0 Å². The molecule has 0 unspecified atom stereocenters. The highest BCUT2D eigenvalue weighted by Gasteiger charge is 1.98. The molecule has 0 radical (unpaired) electrons. The van der Waals surface area contributed by atoms with Gasteiger partial charge in [0.15, 0.2) is 0 Å². The van der Waals surface area contributed by atoms with E-state index < -0.39 is 0 Å². The van der Waals surface area contributed by atoms with Crippen molar-refractivity contribution in [1.82, 2.24) is 5.32 Å². The summed E-state index contributed by atoms with van der Waals surface area (Å²) in [4.78, 5) is 0. The maximum absolute atomic E-state index is 5.35. The normalized spacial score (nSPS) is 10.9. The second-order valence-corrected chi connectivity index (χ2v) is 3.85. The van der Waals surface area contributed by atoms with Crippen molar-refractivity contribution in [2.45, 2.75) is 26.2 Å². The van der Waals surface area contributed by atoms with E-state index in [-0.39, 0.29) is 0 Å². The van der Waals surface area contributed by atoms with Crippen LogP contribution in [-0.4, -0.2) is 13.2 Å². The molecular weight excluding hydrogens is 172 g/mol. The van der Waals surface area contributed by atoms with Crippen molar-refractivity contribution in [2.75, 3.05) is 13.2 Å². The molecule has 3 N–H and O–H groups in total. The summed E-state index contributed by atoms with van der Waals surface area (Å²) in [6.07, 6.45) is 1.05. The van der Waals surface area contributed by atoms with E-state index in [2.05, 4.69) is 43.4 Å². The summed E-state index contributed by atoms with van der Waals surface area (Å²) in [5, 5.41) is 3.11. The summed E-state index contributed by atoms with van der Waals surface area (Å²) < 4.78 is 0. The van der Waals surface area contributed by atoms with Gasteiger partial charge in [0.2, 0.25) is 0 Å². The number of hydrogen-bond donors (Lipinski definition) is 2. The molecule has 0 aliphatic heterocycles. The van der Waals surface area contributed by atoms with Crippen LogP contribution in [0.4, 0.5) is 0 Å². The molecule has 2 heteroatoms. The summed E-state index contributed by atoms with van der Waals surface area (Å²) in [5.41, 5.74) is 8.12. The lowest BCUT2D eigenvalue weighted by Gasteiger charge is -2.07. The maximum Gasteiger partial charge on any atom is 0.0428 e. The summed E-state index contributed by atoms with van der Waals surface area (Å²) in [6, 6.07) is 8.83. The summed E-state index contributed by atoms with van der Waals surface area (Å²) in [5.74, 6) is 0.617. The van der Waals surface area contributed by atoms with Gasteiger partial charge in [-0.3, -0.25) is 0 Å². The molecule has 0 bridgehead atoms. The first-order valence-corrected chi connectivity index (χ1v) is 5.23. The number of rotatable bonds is 5. The topological polar surface area (TPSA) is 38.0 Å². The zero-order valence-electron chi connectivity index (χ0n) is 9.09. The largest absolute Gasteiger partial charge is 0.318 e. The van der Waals surface area contributed by atoms with Gasteiger partial charge in [-0.25, -0.2) is 0 Å². The van der Waals surface area contributed by atoms with Crippen LogP contribution in [0.3, 0.4) is 0 Å². The van der Waals surface area contributed by atoms with Gasteiger partial charge in [0.25, 0.3) is 0 Å². The standard InChI is InChI=1S/C12H20N2/c1-10(2)12-5-3-11(4-6-12)7-8-14-9-13/h3-6,10,14H,7-9,13H2,1-2H3. The molecule has 0 atom stereocenters. The molecule has 0 aromatic heterocycles. The molecule has 1 rings (SSSR count). The lowest BCUT2D eigenvalue weighted by atomic mass is 10.0. The molecular formula is C12H20N2. The van der Waals surface area contributed by atoms with Crippen LogP contribution in [0, 0.1) is 0 Å². The Labute approximate surface area is 86.5 Å². The molecule has 1 aromatic carbocycles. The summed E-state index contributed by atoms with van der Waals surface area (Å²) >= 11 is 0. The van der Waals surface area contributed by atoms with Gasteiger partial charge >= 0.3 is 0 Å². The quantitative estimate of drug-likeness (QED) is 0.552. The first kappa shape index (κ1) is 11.2. The van der Waals surface area contributed by atoms with Crippen LogP contribution >= 0.6 is 0 Å². The minimum absolute atomic E-state index is 0.560. The highest BCUT2D eigenvalue weighted by atomic mass is 14.9. The van der Waals surface area contributed by atoms with Crippen LogP contribution in [0.25, 0.3) is 0 Å². The fourth-order valence-electron chi connectivity index (χ4n) is 1.40. The second kappa shape index (κ2) is 5.78. The molecule has 0 saturated heterocycles. The van der Waals surface area contributed by atoms with E-state index in [4.69, 9.17) is 5.73 Å². The van der Waals surface area contributed by atoms with Gasteiger partial charge < -0.3 is 11.1 Å². The predicted octanol–water partition coefficient (Wildman–Crippen LogP) is 1.86. The number of nitrogens with two attached hydrogens (primary N) is 1. The number of benzene rings is 1. The van der Waals surface area contributed by atoms with Gasteiger partial charge in [0, 0.05) is 13.2 Å². The Bertz CT molecular complexity index is 252. The third kappa shape index (κ3) is 3.48. The van der Waals surface area contributed by atoms with Gasteiger partial charge in [0.1, 0.15) is 0 Å². The fraction of sp³-hybridized carbons (Fsp3) is 0.500. The van der Waals surface area contributed by atoms with Crippen molar-refractivity contribution in [3.8, 4) is 0 Å². The summed E-state index contributed by atoms with van der Waals surface area (Å²) in [6.45, 7) is 5.94. The predicted molar refractivity (Wildman–Crippen MR) is 61.3 cm³/mol.